The molecule has 0 fully saturated rings. The van der Waals surface area contributed by atoms with Crippen LogP contribution >= 0.6 is 0 Å². The summed E-state index contributed by atoms with van der Waals surface area (Å²) >= 11 is 0. The van der Waals surface area contributed by atoms with Gasteiger partial charge in [-0.25, -0.2) is 4.79 Å². The molecule has 0 aliphatic carbocycles. The first-order valence-electron chi connectivity index (χ1n) is 5.10. The van der Waals surface area contributed by atoms with Gasteiger partial charge in [0.15, 0.2) is 0 Å². The molecule has 3 heteroatoms. The summed E-state index contributed by atoms with van der Waals surface area (Å²) in [4.78, 5) is 10.8. The lowest BCUT2D eigenvalue weighted by Gasteiger charge is -2.15. The van der Waals surface area contributed by atoms with Crippen LogP contribution in [0.25, 0.3) is 0 Å². The average molecular weight is 206 g/mol. The number of rotatable bonds is 2. The Labute approximate surface area is 90.7 Å². The first-order chi connectivity index (χ1) is 6.93. The lowest BCUT2D eigenvalue weighted by Crippen LogP contribution is -2.20. The number of anilines is 1. The van der Waals surface area contributed by atoms with E-state index in [1.807, 2.05) is 19.1 Å². The minimum absolute atomic E-state index is 0.492. The van der Waals surface area contributed by atoms with Crippen molar-refractivity contribution < 1.29 is 4.79 Å². The quantitative estimate of drug-likeness (QED) is 0.768. The van der Waals surface area contributed by atoms with Gasteiger partial charge in [0.05, 0.1) is 0 Å². The van der Waals surface area contributed by atoms with E-state index in [-0.39, 0.29) is 0 Å². The highest BCUT2D eigenvalue weighted by atomic mass is 16.2. The van der Waals surface area contributed by atoms with Crippen molar-refractivity contribution >= 4 is 11.7 Å². The van der Waals surface area contributed by atoms with Crippen molar-refractivity contribution in [2.24, 2.45) is 5.73 Å². The van der Waals surface area contributed by atoms with Crippen LogP contribution in [-0.4, -0.2) is 6.03 Å². The topological polar surface area (TPSA) is 55.1 Å². The minimum atomic E-state index is -0.519. The molecule has 0 unspecified atom stereocenters. The van der Waals surface area contributed by atoms with Crippen LogP contribution in [0.4, 0.5) is 10.5 Å². The van der Waals surface area contributed by atoms with E-state index >= 15 is 0 Å². The molecular formula is C12H18N2O. The van der Waals surface area contributed by atoms with Gasteiger partial charge in [0, 0.05) is 5.69 Å². The highest BCUT2D eigenvalue weighted by molar-refractivity contribution is 5.89. The monoisotopic (exact) mass is 206 g/mol. The molecule has 1 rings (SSSR count). The van der Waals surface area contributed by atoms with Crippen molar-refractivity contribution in [3.63, 3.8) is 0 Å². The highest BCUT2D eigenvalue weighted by Crippen LogP contribution is 2.26. The summed E-state index contributed by atoms with van der Waals surface area (Å²) in [7, 11) is 0. The van der Waals surface area contributed by atoms with Gasteiger partial charge in [-0.1, -0.05) is 19.9 Å². The van der Waals surface area contributed by atoms with Gasteiger partial charge in [-0.05, 0) is 42.5 Å². The standard InChI is InChI=1S/C12H18N2O/c1-7(2)10-5-6-11(14-12(13)15)9(4)8(10)3/h5-7H,1-4H3,(H3,13,14,15). The Hall–Kier alpha value is -1.51. The van der Waals surface area contributed by atoms with Gasteiger partial charge in [-0.3, -0.25) is 0 Å². The third-order valence-corrected chi connectivity index (χ3v) is 2.71. The molecule has 3 nitrogen and oxygen atoms in total. The summed E-state index contributed by atoms with van der Waals surface area (Å²) in [5, 5.41) is 2.62. The number of primary amides is 1. The maximum Gasteiger partial charge on any atom is 0.316 e. The zero-order valence-electron chi connectivity index (χ0n) is 9.72. The Balaban J connectivity index is 3.15. The maximum atomic E-state index is 10.8. The predicted molar refractivity (Wildman–Crippen MR) is 63.2 cm³/mol. The van der Waals surface area contributed by atoms with Gasteiger partial charge in [-0.2, -0.15) is 0 Å². The van der Waals surface area contributed by atoms with E-state index in [4.69, 9.17) is 5.73 Å². The molecular weight excluding hydrogens is 188 g/mol. The third-order valence-electron chi connectivity index (χ3n) is 2.71. The molecule has 0 aromatic heterocycles. The van der Waals surface area contributed by atoms with Crippen LogP contribution in [0.2, 0.25) is 0 Å². The van der Waals surface area contributed by atoms with Crippen molar-refractivity contribution in [1.82, 2.24) is 0 Å². The van der Waals surface area contributed by atoms with E-state index in [2.05, 4.69) is 26.1 Å². The molecule has 1 aromatic rings. The van der Waals surface area contributed by atoms with Crippen LogP contribution in [0, 0.1) is 13.8 Å². The number of nitrogens with one attached hydrogen (secondary N) is 1. The van der Waals surface area contributed by atoms with Gasteiger partial charge in [-0.15, -0.1) is 0 Å². The normalized spacial score (nSPS) is 10.5. The number of amides is 2. The first kappa shape index (κ1) is 11.6. The van der Waals surface area contributed by atoms with Crippen LogP contribution in [0.3, 0.4) is 0 Å². The zero-order valence-corrected chi connectivity index (χ0v) is 9.72. The maximum absolute atomic E-state index is 10.8. The summed E-state index contributed by atoms with van der Waals surface area (Å²) in [5.41, 5.74) is 9.50. The van der Waals surface area contributed by atoms with Crippen LogP contribution in [0.5, 0.6) is 0 Å². The molecule has 1 aromatic carbocycles. The van der Waals surface area contributed by atoms with E-state index in [0.717, 1.165) is 11.3 Å². The molecule has 82 valence electrons. The molecule has 0 heterocycles. The van der Waals surface area contributed by atoms with Crippen molar-refractivity contribution in [3.8, 4) is 0 Å². The molecule has 0 spiro atoms. The van der Waals surface area contributed by atoms with E-state index in [0.29, 0.717) is 5.92 Å². The Kier molecular flexibility index (Phi) is 3.35. The SMILES string of the molecule is Cc1c(NC(N)=O)ccc(C(C)C)c1C. The van der Waals surface area contributed by atoms with Crippen molar-refractivity contribution in [1.29, 1.82) is 0 Å². The summed E-state index contributed by atoms with van der Waals surface area (Å²) in [5.74, 6) is 0.492. The number of hydrogen-bond donors (Lipinski definition) is 2. The molecule has 0 aliphatic rings. The van der Waals surface area contributed by atoms with Gasteiger partial charge in [0.2, 0.25) is 0 Å². The van der Waals surface area contributed by atoms with Crippen LogP contribution in [0.1, 0.15) is 36.5 Å². The second-order valence-electron chi connectivity index (χ2n) is 4.10. The Morgan fingerprint density at radius 3 is 2.33 bits per heavy atom. The number of benzene rings is 1. The zero-order chi connectivity index (χ0) is 11.6. The summed E-state index contributed by atoms with van der Waals surface area (Å²) in [6.07, 6.45) is 0. The lowest BCUT2D eigenvalue weighted by atomic mass is 9.94. The predicted octanol–water partition coefficient (Wildman–Crippen LogP) is 2.92. The Bertz CT molecular complexity index is 383. The summed E-state index contributed by atoms with van der Waals surface area (Å²) in [6, 6.07) is 3.43. The van der Waals surface area contributed by atoms with Crippen molar-refractivity contribution in [3.05, 3.63) is 28.8 Å². The molecule has 0 bridgehead atoms. The smallest absolute Gasteiger partial charge is 0.316 e. The Morgan fingerprint density at radius 2 is 1.87 bits per heavy atom. The van der Waals surface area contributed by atoms with Gasteiger partial charge in [0.25, 0.3) is 0 Å². The fourth-order valence-electron chi connectivity index (χ4n) is 1.74. The number of nitrogens with two attached hydrogens (primary N) is 1. The van der Waals surface area contributed by atoms with E-state index < -0.39 is 6.03 Å². The lowest BCUT2D eigenvalue weighted by molar-refractivity contribution is 0.259. The highest BCUT2D eigenvalue weighted by Gasteiger charge is 2.09. The number of carbonyl (C=O) groups is 1. The van der Waals surface area contributed by atoms with E-state index in [9.17, 15) is 4.79 Å². The summed E-state index contributed by atoms with van der Waals surface area (Å²) < 4.78 is 0. The third kappa shape index (κ3) is 2.49. The van der Waals surface area contributed by atoms with Crippen LogP contribution in [0.15, 0.2) is 12.1 Å². The van der Waals surface area contributed by atoms with E-state index in [1.165, 1.54) is 11.1 Å². The largest absolute Gasteiger partial charge is 0.351 e. The van der Waals surface area contributed by atoms with Gasteiger partial charge < -0.3 is 11.1 Å². The second kappa shape index (κ2) is 4.34. The van der Waals surface area contributed by atoms with E-state index in [1.54, 1.807) is 0 Å². The molecule has 15 heavy (non-hydrogen) atoms. The first-order valence-corrected chi connectivity index (χ1v) is 5.10. The fraction of sp³-hybridized carbons (Fsp3) is 0.417. The summed E-state index contributed by atoms with van der Waals surface area (Å²) in [6.45, 7) is 8.37. The van der Waals surface area contributed by atoms with Gasteiger partial charge in [0.1, 0.15) is 0 Å². The fourth-order valence-corrected chi connectivity index (χ4v) is 1.74. The molecule has 0 saturated heterocycles. The van der Waals surface area contributed by atoms with Crippen molar-refractivity contribution in [2.45, 2.75) is 33.6 Å². The molecule has 0 radical (unpaired) electrons. The molecule has 2 amide bonds. The average Bonchev–Trinajstić information content (AvgIpc) is 2.12. The van der Waals surface area contributed by atoms with Crippen LogP contribution in [-0.2, 0) is 0 Å². The number of hydrogen-bond acceptors (Lipinski definition) is 1. The Morgan fingerprint density at radius 1 is 1.27 bits per heavy atom. The molecule has 0 saturated carbocycles. The molecule has 0 atom stereocenters. The van der Waals surface area contributed by atoms with Crippen molar-refractivity contribution in [2.75, 3.05) is 5.32 Å². The number of urea groups is 1. The molecule has 3 N–H and O–H groups in total. The molecule has 0 aliphatic heterocycles. The van der Waals surface area contributed by atoms with Crippen LogP contribution < -0.4 is 11.1 Å². The second-order valence-corrected chi connectivity index (χ2v) is 4.10. The minimum Gasteiger partial charge on any atom is -0.351 e. The van der Waals surface area contributed by atoms with Gasteiger partial charge >= 0.3 is 6.03 Å². The number of carbonyl (C=O) groups excluding carboxylic acids is 1.